The fourth-order valence-corrected chi connectivity index (χ4v) is 2.39. The molecule has 21 heavy (non-hydrogen) atoms. The minimum absolute atomic E-state index is 0.0153. The summed E-state index contributed by atoms with van der Waals surface area (Å²) in [5.41, 5.74) is 8.28. The predicted octanol–water partition coefficient (Wildman–Crippen LogP) is 3.89. The maximum atomic E-state index is 11.0. The average molecular weight is 293 g/mol. The number of unbranched alkanes of at least 4 members (excludes halogenated alkanes) is 2. The molecule has 0 radical (unpaired) electrons. The van der Waals surface area contributed by atoms with Gasteiger partial charge >= 0.3 is 0 Å². The van der Waals surface area contributed by atoms with Crippen molar-refractivity contribution >= 4 is 11.4 Å². The summed E-state index contributed by atoms with van der Waals surface area (Å²) in [7, 11) is 0. The lowest BCUT2D eigenvalue weighted by Gasteiger charge is -2.23. The number of anilines is 1. The minimum atomic E-state index is -0.402. The molecule has 0 aliphatic heterocycles. The molecule has 0 saturated heterocycles. The maximum absolute atomic E-state index is 11.0. The zero-order valence-corrected chi connectivity index (χ0v) is 13.4. The molecule has 1 aromatic carbocycles. The van der Waals surface area contributed by atoms with Crippen LogP contribution in [0.25, 0.3) is 0 Å². The Morgan fingerprint density at radius 3 is 2.24 bits per heavy atom. The molecule has 0 saturated carbocycles. The number of rotatable bonds is 9. The van der Waals surface area contributed by atoms with E-state index in [1.165, 1.54) is 6.07 Å². The molecule has 0 bridgehead atoms. The molecule has 0 aliphatic rings. The Labute approximate surface area is 127 Å². The quantitative estimate of drug-likeness (QED) is 0.426. The lowest BCUT2D eigenvalue weighted by Crippen LogP contribution is -2.26. The lowest BCUT2D eigenvalue weighted by atomic mass is 10.0. The van der Waals surface area contributed by atoms with E-state index in [0.29, 0.717) is 12.2 Å². The second kappa shape index (κ2) is 8.62. The molecule has 0 unspecified atom stereocenters. The van der Waals surface area contributed by atoms with Crippen molar-refractivity contribution in [1.29, 1.82) is 0 Å². The van der Waals surface area contributed by atoms with Gasteiger partial charge in [0.05, 0.1) is 4.92 Å². The number of nitro groups is 1. The Morgan fingerprint density at radius 1 is 1.19 bits per heavy atom. The van der Waals surface area contributed by atoms with Gasteiger partial charge in [-0.2, -0.15) is 0 Å². The van der Waals surface area contributed by atoms with Gasteiger partial charge in [0.15, 0.2) is 0 Å². The third-order valence-corrected chi connectivity index (χ3v) is 3.80. The molecule has 1 rings (SSSR count). The fourth-order valence-electron chi connectivity index (χ4n) is 2.39. The van der Waals surface area contributed by atoms with E-state index < -0.39 is 4.92 Å². The molecular weight excluding hydrogens is 266 g/mol. The molecule has 0 atom stereocenters. The van der Waals surface area contributed by atoms with E-state index in [2.05, 4.69) is 18.7 Å². The zero-order valence-electron chi connectivity index (χ0n) is 13.4. The molecule has 2 N–H and O–H groups in total. The van der Waals surface area contributed by atoms with E-state index in [4.69, 9.17) is 5.73 Å². The summed E-state index contributed by atoms with van der Waals surface area (Å²) in [6.45, 7) is 9.03. The molecule has 5 heteroatoms. The van der Waals surface area contributed by atoms with Crippen molar-refractivity contribution in [3.05, 3.63) is 33.4 Å². The number of hydrogen-bond donors (Lipinski definition) is 1. The molecule has 0 fully saturated rings. The molecule has 0 heterocycles. The Hall–Kier alpha value is -1.62. The first kappa shape index (κ1) is 17.4. The highest BCUT2D eigenvalue weighted by atomic mass is 16.6. The van der Waals surface area contributed by atoms with Crippen LogP contribution in [0.1, 0.15) is 50.7 Å². The van der Waals surface area contributed by atoms with Crippen molar-refractivity contribution in [2.75, 3.05) is 18.8 Å². The van der Waals surface area contributed by atoms with Crippen LogP contribution >= 0.6 is 0 Å². The predicted molar refractivity (Wildman–Crippen MR) is 87.3 cm³/mol. The van der Waals surface area contributed by atoms with Crippen molar-refractivity contribution in [3.63, 3.8) is 0 Å². The number of nitrogens with zero attached hydrogens (tertiary/aromatic N) is 2. The summed E-state index contributed by atoms with van der Waals surface area (Å²) in [6, 6.07) is 3.29. The van der Waals surface area contributed by atoms with E-state index in [0.717, 1.165) is 49.9 Å². The van der Waals surface area contributed by atoms with Crippen molar-refractivity contribution in [1.82, 2.24) is 4.90 Å². The molecule has 1 aromatic rings. The van der Waals surface area contributed by atoms with E-state index in [1.54, 1.807) is 6.07 Å². The Kier molecular flexibility index (Phi) is 7.15. The van der Waals surface area contributed by atoms with Gasteiger partial charge in [-0.05, 0) is 44.0 Å². The van der Waals surface area contributed by atoms with Crippen LogP contribution in [-0.4, -0.2) is 22.9 Å². The Morgan fingerprint density at radius 2 is 1.76 bits per heavy atom. The molecule has 5 nitrogen and oxygen atoms in total. The maximum Gasteiger partial charge on any atom is 0.292 e. The number of benzene rings is 1. The van der Waals surface area contributed by atoms with Crippen molar-refractivity contribution in [2.45, 2.75) is 53.0 Å². The SMILES string of the molecule is CCCCN(CCCC)Cc1c(C)ccc([N+](=O)[O-])c1N. The standard InChI is InChI=1S/C16H27N3O2/c1-4-6-10-18(11-7-5-2)12-14-13(3)8-9-15(16(14)17)19(20)21/h8-9H,4-7,10-12,17H2,1-3H3. The van der Waals surface area contributed by atoms with E-state index in [-0.39, 0.29) is 5.69 Å². The van der Waals surface area contributed by atoms with E-state index >= 15 is 0 Å². The van der Waals surface area contributed by atoms with Gasteiger partial charge in [0.2, 0.25) is 0 Å². The van der Waals surface area contributed by atoms with Crippen LogP contribution in [-0.2, 0) is 6.54 Å². The van der Waals surface area contributed by atoms with Crippen molar-refractivity contribution in [3.8, 4) is 0 Å². The van der Waals surface area contributed by atoms with Crippen LogP contribution in [0.5, 0.6) is 0 Å². The highest BCUT2D eigenvalue weighted by Crippen LogP contribution is 2.29. The second-order valence-electron chi connectivity index (χ2n) is 5.53. The number of aryl methyl sites for hydroxylation is 1. The molecule has 0 aromatic heterocycles. The highest BCUT2D eigenvalue weighted by molar-refractivity contribution is 5.65. The molecule has 0 spiro atoms. The van der Waals surface area contributed by atoms with Gasteiger partial charge in [0.1, 0.15) is 5.69 Å². The number of nitro benzene ring substituents is 1. The van der Waals surface area contributed by atoms with E-state index in [1.807, 2.05) is 6.92 Å². The first-order valence-corrected chi connectivity index (χ1v) is 7.75. The number of hydrogen-bond acceptors (Lipinski definition) is 4. The van der Waals surface area contributed by atoms with E-state index in [9.17, 15) is 10.1 Å². The Balaban J connectivity index is 2.95. The smallest absolute Gasteiger partial charge is 0.292 e. The van der Waals surface area contributed by atoms with Gasteiger partial charge in [-0.15, -0.1) is 0 Å². The van der Waals surface area contributed by atoms with Gasteiger partial charge in [0, 0.05) is 12.6 Å². The van der Waals surface area contributed by atoms with Gasteiger partial charge in [-0.3, -0.25) is 15.0 Å². The van der Waals surface area contributed by atoms with Crippen LogP contribution < -0.4 is 5.73 Å². The van der Waals surface area contributed by atoms with Crippen LogP contribution in [0.2, 0.25) is 0 Å². The fraction of sp³-hybridized carbons (Fsp3) is 0.625. The Bertz CT molecular complexity index is 467. The summed E-state index contributed by atoms with van der Waals surface area (Å²) in [5, 5.41) is 11.0. The summed E-state index contributed by atoms with van der Waals surface area (Å²) >= 11 is 0. The molecular formula is C16H27N3O2. The normalized spacial score (nSPS) is 11.0. The summed E-state index contributed by atoms with van der Waals surface area (Å²) in [5.74, 6) is 0. The first-order chi connectivity index (χ1) is 10.0. The third kappa shape index (κ3) is 5.01. The van der Waals surface area contributed by atoms with Gasteiger partial charge in [0.25, 0.3) is 5.69 Å². The molecule has 0 amide bonds. The largest absolute Gasteiger partial charge is 0.393 e. The molecule has 118 valence electrons. The van der Waals surface area contributed by atoms with Gasteiger partial charge in [-0.25, -0.2) is 0 Å². The van der Waals surface area contributed by atoms with Crippen molar-refractivity contribution in [2.24, 2.45) is 0 Å². The van der Waals surface area contributed by atoms with Crippen LogP contribution in [0.3, 0.4) is 0 Å². The van der Waals surface area contributed by atoms with Gasteiger partial charge < -0.3 is 5.73 Å². The first-order valence-electron chi connectivity index (χ1n) is 7.75. The monoisotopic (exact) mass is 293 g/mol. The molecule has 0 aliphatic carbocycles. The van der Waals surface area contributed by atoms with Crippen LogP contribution in [0.15, 0.2) is 12.1 Å². The zero-order chi connectivity index (χ0) is 15.8. The number of nitrogens with two attached hydrogens (primary N) is 1. The minimum Gasteiger partial charge on any atom is -0.393 e. The van der Waals surface area contributed by atoms with Gasteiger partial charge in [-0.1, -0.05) is 32.8 Å². The lowest BCUT2D eigenvalue weighted by molar-refractivity contribution is -0.384. The van der Waals surface area contributed by atoms with Crippen LogP contribution in [0, 0.1) is 17.0 Å². The summed E-state index contributed by atoms with van der Waals surface area (Å²) in [4.78, 5) is 13.0. The second-order valence-corrected chi connectivity index (χ2v) is 5.53. The third-order valence-electron chi connectivity index (χ3n) is 3.80. The summed E-state index contributed by atoms with van der Waals surface area (Å²) < 4.78 is 0. The topological polar surface area (TPSA) is 72.4 Å². The highest BCUT2D eigenvalue weighted by Gasteiger charge is 2.18. The summed E-state index contributed by atoms with van der Waals surface area (Å²) in [6.07, 6.45) is 4.56. The number of nitrogen functional groups attached to an aromatic ring is 1. The van der Waals surface area contributed by atoms with Crippen LogP contribution in [0.4, 0.5) is 11.4 Å². The van der Waals surface area contributed by atoms with Crippen molar-refractivity contribution < 1.29 is 4.92 Å². The average Bonchev–Trinajstić information content (AvgIpc) is 2.45.